The minimum Gasteiger partial charge on any atom is -0.494 e. The van der Waals surface area contributed by atoms with Crippen LogP contribution in [0.5, 0.6) is 5.88 Å². The van der Waals surface area contributed by atoms with Gasteiger partial charge in [0.15, 0.2) is 11.2 Å². The van der Waals surface area contributed by atoms with Crippen LogP contribution in [0.4, 0.5) is 0 Å². The first-order valence-electron chi connectivity index (χ1n) is 9.44. The largest absolute Gasteiger partial charge is 0.494 e. The SMILES string of the molecule is CC=CCc1c(O)n(Cc2ccccc2)c2nc3c(c(=O)n(C)c(=O)n3C)n2c1=O. The number of fused-ring (bicyclic) bond motifs is 3. The second-order valence-electron chi connectivity index (χ2n) is 7.08. The zero-order valence-corrected chi connectivity index (χ0v) is 16.9. The summed E-state index contributed by atoms with van der Waals surface area (Å²) in [5.41, 5.74) is -0.588. The Hall–Kier alpha value is -3.88. The maximum Gasteiger partial charge on any atom is 0.332 e. The van der Waals surface area contributed by atoms with Crippen molar-refractivity contribution in [3.8, 4) is 5.88 Å². The molecular weight excluding hydrogens is 386 g/mol. The van der Waals surface area contributed by atoms with Crippen molar-refractivity contribution in [2.24, 2.45) is 14.1 Å². The maximum absolute atomic E-state index is 13.3. The molecule has 9 nitrogen and oxygen atoms in total. The first-order chi connectivity index (χ1) is 14.4. The molecular formula is C21H21N5O4. The molecule has 0 spiro atoms. The fourth-order valence-electron chi connectivity index (χ4n) is 3.57. The minimum absolute atomic E-state index is 0.00291. The second-order valence-corrected chi connectivity index (χ2v) is 7.08. The molecule has 0 aliphatic carbocycles. The van der Waals surface area contributed by atoms with E-state index in [-0.39, 0.29) is 41.4 Å². The van der Waals surface area contributed by atoms with Crippen molar-refractivity contribution in [3.05, 3.63) is 84.8 Å². The molecule has 4 aromatic rings. The van der Waals surface area contributed by atoms with Crippen molar-refractivity contribution < 1.29 is 5.11 Å². The molecule has 0 unspecified atom stereocenters. The normalized spacial score (nSPS) is 11.8. The van der Waals surface area contributed by atoms with E-state index >= 15 is 0 Å². The lowest BCUT2D eigenvalue weighted by atomic mass is 10.2. The molecule has 1 aromatic carbocycles. The monoisotopic (exact) mass is 407 g/mol. The number of aromatic nitrogens is 5. The van der Waals surface area contributed by atoms with E-state index in [1.807, 2.05) is 37.3 Å². The van der Waals surface area contributed by atoms with E-state index in [1.54, 1.807) is 12.2 Å². The average molecular weight is 407 g/mol. The third kappa shape index (κ3) is 2.78. The summed E-state index contributed by atoms with van der Waals surface area (Å²) in [6, 6.07) is 9.39. The topological polar surface area (TPSA) is 104 Å². The molecule has 1 N–H and O–H groups in total. The third-order valence-corrected chi connectivity index (χ3v) is 5.21. The molecule has 0 fully saturated rings. The quantitative estimate of drug-likeness (QED) is 0.507. The maximum atomic E-state index is 13.3. The standard InChI is InChI=1S/C21H21N5O4/c1-4-5-11-14-17(27)25(12-13-9-7-6-8-10-13)20-22-16-15(26(20)18(14)28)19(29)24(3)21(30)23(16)2/h4-10,27H,11-12H2,1-3H3. The van der Waals surface area contributed by atoms with Gasteiger partial charge in [0.2, 0.25) is 11.7 Å². The number of benzene rings is 1. The molecule has 3 heterocycles. The molecule has 0 aliphatic rings. The van der Waals surface area contributed by atoms with Crippen LogP contribution in [0.1, 0.15) is 18.1 Å². The van der Waals surface area contributed by atoms with Crippen molar-refractivity contribution in [1.82, 2.24) is 23.1 Å². The van der Waals surface area contributed by atoms with Gasteiger partial charge in [-0.15, -0.1) is 0 Å². The van der Waals surface area contributed by atoms with E-state index in [0.29, 0.717) is 0 Å². The molecule has 154 valence electrons. The highest BCUT2D eigenvalue weighted by Crippen LogP contribution is 2.22. The molecule has 0 saturated carbocycles. The number of imidazole rings is 1. The summed E-state index contributed by atoms with van der Waals surface area (Å²) in [5.74, 6) is -0.120. The first kappa shape index (κ1) is 19.4. The lowest BCUT2D eigenvalue weighted by Crippen LogP contribution is -2.38. The third-order valence-electron chi connectivity index (χ3n) is 5.21. The van der Waals surface area contributed by atoms with Crippen molar-refractivity contribution in [2.75, 3.05) is 0 Å². The molecule has 9 heteroatoms. The van der Waals surface area contributed by atoms with Crippen molar-refractivity contribution >= 4 is 16.9 Å². The lowest BCUT2D eigenvalue weighted by Gasteiger charge is -2.14. The van der Waals surface area contributed by atoms with Crippen LogP contribution in [0, 0.1) is 0 Å². The van der Waals surface area contributed by atoms with Gasteiger partial charge < -0.3 is 5.11 Å². The Morgan fingerprint density at radius 2 is 1.73 bits per heavy atom. The Morgan fingerprint density at radius 1 is 1.03 bits per heavy atom. The van der Waals surface area contributed by atoms with Gasteiger partial charge in [0, 0.05) is 20.5 Å². The Morgan fingerprint density at radius 3 is 2.40 bits per heavy atom. The van der Waals surface area contributed by atoms with E-state index in [9.17, 15) is 19.5 Å². The van der Waals surface area contributed by atoms with E-state index in [1.165, 1.54) is 27.6 Å². The fraction of sp³-hybridized carbons (Fsp3) is 0.238. The Labute approximate surface area is 170 Å². The predicted octanol–water partition coefficient (Wildman–Crippen LogP) is 0.919. The van der Waals surface area contributed by atoms with Crippen LogP contribution in [0.15, 0.2) is 56.9 Å². The highest BCUT2D eigenvalue weighted by atomic mass is 16.3. The van der Waals surface area contributed by atoms with Gasteiger partial charge in [0.25, 0.3) is 11.1 Å². The van der Waals surface area contributed by atoms with Crippen LogP contribution in [0.3, 0.4) is 0 Å². The van der Waals surface area contributed by atoms with Gasteiger partial charge in [-0.1, -0.05) is 42.5 Å². The number of hydrogen-bond acceptors (Lipinski definition) is 5. The number of hydrogen-bond donors (Lipinski definition) is 1. The summed E-state index contributed by atoms with van der Waals surface area (Å²) < 4.78 is 4.84. The van der Waals surface area contributed by atoms with Crippen molar-refractivity contribution in [3.63, 3.8) is 0 Å². The summed E-state index contributed by atoms with van der Waals surface area (Å²) in [7, 11) is 2.84. The van der Waals surface area contributed by atoms with Crippen molar-refractivity contribution in [2.45, 2.75) is 19.9 Å². The molecule has 4 rings (SSSR count). The number of aryl methyl sites for hydroxylation is 1. The molecule has 0 saturated heterocycles. The van der Waals surface area contributed by atoms with Crippen LogP contribution >= 0.6 is 0 Å². The van der Waals surface area contributed by atoms with Crippen LogP contribution in [0.25, 0.3) is 16.9 Å². The summed E-state index contributed by atoms with van der Waals surface area (Å²) in [6.45, 7) is 2.05. The lowest BCUT2D eigenvalue weighted by molar-refractivity contribution is 0.413. The molecule has 0 atom stereocenters. The number of rotatable bonds is 4. The number of nitrogens with zero attached hydrogens (tertiary/aromatic N) is 5. The highest BCUT2D eigenvalue weighted by molar-refractivity contribution is 5.75. The van der Waals surface area contributed by atoms with Gasteiger partial charge in [-0.05, 0) is 12.5 Å². The van der Waals surface area contributed by atoms with E-state index < -0.39 is 16.8 Å². The molecule has 30 heavy (non-hydrogen) atoms. The summed E-state index contributed by atoms with van der Waals surface area (Å²) in [4.78, 5) is 42.9. The summed E-state index contributed by atoms with van der Waals surface area (Å²) in [6.07, 6.45) is 3.72. The van der Waals surface area contributed by atoms with Crippen LogP contribution in [0.2, 0.25) is 0 Å². The van der Waals surface area contributed by atoms with Gasteiger partial charge in [-0.2, -0.15) is 4.98 Å². The van der Waals surface area contributed by atoms with Gasteiger partial charge in [-0.25, -0.2) is 9.20 Å². The molecule has 0 radical (unpaired) electrons. The van der Waals surface area contributed by atoms with E-state index in [0.717, 1.165) is 10.1 Å². The van der Waals surface area contributed by atoms with Gasteiger partial charge in [0.05, 0.1) is 12.1 Å². The van der Waals surface area contributed by atoms with E-state index in [2.05, 4.69) is 4.98 Å². The minimum atomic E-state index is -0.619. The highest BCUT2D eigenvalue weighted by Gasteiger charge is 2.23. The van der Waals surface area contributed by atoms with Gasteiger partial charge >= 0.3 is 5.69 Å². The summed E-state index contributed by atoms with van der Waals surface area (Å²) in [5, 5.41) is 11.0. The Kier molecular flexibility index (Phi) is 4.65. The Bertz CT molecular complexity index is 1490. The van der Waals surface area contributed by atoms with E-state index in [4.69, 9.17) is 0 Å². The predicted molar refractivity (Wildman–Crippen MR) is 113 cm³/mol. The van der Waals surface area contributed by atoms with Crippen LogP contribution < -0.4 is 16.8 Å². The second kappa shape index (κ2) is 7.18. The number of allylic oxidation sites excluding steroid dienone is 2. The molecule has 0 amide bonds. The fourth-order valence-corrected chi connectivity index (χ4v) is 3.57. The van der Waals surface area contributed by atoms with Crippen LogP contribution in [-0.4, -0.2) is 28.2 Å². The smallest absolute Gasteiger partial charge is 0.332 e. The molecule has 0 aliphatic heterocycles. The molecule has 0 bridgehead atoms. The summed E-state index contributed by atoms with van der Waals surface area (Å²) >= 11 is 0. The molecule has 3 aromatic heterocycles. The average Bonchev–Trinajstić information content (AvgIpc) is 3.15. The van der Waals surface area contributed by atoms with Gasteiger partial charge in [-0.3, -0.25) is 23.3 Å². The van der Waals surface area contributed by atoms with Gasteiger partial charge in [0.1, 0.15) is 0 Å². The zero-order chi connectivity index (χ0) is 21.6. The van der Waals surface area contributed by atoms with Crippen LogP contribution in [-0.2, 0) is 27.1 Å². The van der Waals surface area contributed by atoms with Crippen molar-refractivity contribution in [1.29, 1.82) is 0 Å². The first-order valence-corrected chi connectivity index (χ1v) is 9.44. The Balaban J connectivity index is 2.20. The zero-order valence-electron chi connectivity index (χ0n) is 16.9. The number of aromatic hydroxyl groups is 1.